The number of hydrazone groups is 1. The summed E-state index contributed by atoms with van der Waals surface area (Å²) in [5, 5.41) is 5.46. The van der Waals surface area contributed by atoms with E-state index in [2.05, 4.69) is 21.8 Å². The first-order valence-corrected chi connectivity index (χ1v) is 12.9. The number of hydrogen-bond donors (Lipinski definition) is 0. The van der Waals surface area contributed by atoms with E-state index in [9.17, 15) is 9.59 Å². The summed E-state index contributed by atoms with van der Waals surface area (Å²) in [6.07, 6.45) is 6.72. The van der Waals surface area contributed by atoms with Crippen molar-refractivity contribution in [1.29, 1.82) is 0 Å². The molecule has 0 radical (unpaired) electrons. The topological polar surface area (TPSA) is 82.4 Å². The van der Waals surface area contributed by atoms with E-state index in [1.54, 1.807) is 6.21 Å². The van der Waals surface area contributed by atoms with Gasteiger partial charge >= 0.3 is 0 Å². The van der Waals surface area contributed by atoms with Gasteiger partial charge in [-0.05, 0) is 80.1 Å². The predicted octanol–water partition coefficient (Wildman–Crippen LogP) is 4.54. The van der Waals surface area contributed by atoms with E-state index in [1.807, 2.05) is 62.4 Å². The molecule has 192 valence electrons. The maximum atomic E-state index is 12.9. The number of aryl methyl sites for hydroxylation is 1. The van der Waals surface area contributed by atoms with Gasteiger partial charge in [-0.2, -0.15) is 10.1 Å². The van der Waals surface area contributed by atoms with Gasteiger partial charge in [0.2, 0.25) is 6.79 Å². The van der Waals surface area contributed by atoms with E-state index in [4.69, 9.17) is 14.2 Å². The molecule has 8 heteroatoms. The first kappa shape index (κ1) is 22.8. The number of benzene rings is 2. The minimum atomic E-state index is -0.243. The fraction of sp³-hybridized carbons (Fsp3) is 0.300. The van der Waals surface area contributed by atoms with Crippen LogP contribution in [0.5, 0.6) is 17.2 Å². The fourth-order valence-electron chi connectivity index (χ4n) is 6.32. The summed E-state index contributed by atoms with van der Waals surface area (Å²) >= 11 is 0. The van der Waals surface area contributed by atoms with Gasteiger partial charge in [0.25, 0.3) is 11.8 Å². The Morgan fingerprint density at radius 3 is 2.39 bits per heavy atom. The van der Waals surface area contributed by atoms with Crippen LogP contribution < -0.4 is 14.2 Å². The number of ether oxygens (including phenoxy) is 3. The Labute approximate surface area is 220 Å². The summed E-state index contributed by atoms with van der Waals surface area (Å²) < 4.78 is 18.9. The molecule has 2 aliphatic carbocycles. The second kappa shape index (κ2) is 8.62. The highest BCUT2D eigenvalue weighted by atomic mass is 16.7. The Morgan fingerprint density at radius 1 is 0.947 bits per heavy atom. The maximum absolute atomic E-state index is 12.9. The van der Waals surface area contributed by atoms with E-state index in [-0.39, 0.29) is 42.3 Å². The monoisotopic (exact) mass is 509 g/mol. The van der Waals surface area contributed by atoms with Crippen molar-refractivity contribution < 1.29 is 23.8 Å². The summed E-state index contributed by atoms with van der Waals surface area (Å²) in [7, 11) is 0. The van der Waals surface area contributed by atoms with Gasteiger partial charge in [0, 0.05) is 22.6 Å². The van der Waals surface area contributed by atoms with E-state index < -0.39 is 0 Å². The van der Waals surface area contributed by atoms with Gasteiger partial charge in [-0.3, -0.25) is 9.59 Å². The fourth-order valence-corrected chi connectivity index (χ4v) is 6.32. The van der Waals surface area contributed by atoms with Crippen molar-refractivity contribution in [1.82, 2.24) is 9.58 Å². The summed E-state index contributed by atoms with van der Waals surface area (Å²) in [6, 6.07) is 15.7. The number of carbonyl (C=O) groups is 2. The number of hydrogen-bond acceptors (Lipinski definition) is 6. The molecule has 3 heterocycles. The third-order valence-electron chi connectivity index (χ3n) is 8.17. The van der Waals surface area contributed by atoms with Gasteiger partial charge < -0.3 is 18.8 Å². The van der Waals surface area contributed by atoms with Crippen LogP contribution in [0.1, 0.15) is 28.9 Å². The van der Waals surface area contributed by atoms with Gasteiger partial charge in [-0.1, -0.05) is 18.2 Å². The number of carbonyl (C=O) groups excluding carboxylic acids is 2. The molecule has 0 spiro atoms. The average Bonchev–Trinajstić information content (AvgIpc) is 3.73. The highest BCUT2D eigenvalue weighted by molar-refractivity contribution is 6.06. The van der Waals surface area contributed by atoms with E-state index in [0.717, 1.165) is 56.9 Å². The van der Waals surface area contributed by atoms with Crippen molar-refractivity contribution in [3.8, 4) is 22.9 Å². The van der Waals surface area contributed by atoms with Crippen LogP contribution in [0.3, 0.4) is 0 Å². The second-order valence-electron chi connectivity index (χ2n) is 10.4. The molecule has 1 saturated heterocycles. The van der Waals surface area contributed by atoms with E-state index >= 15 is 0 Å². The number of allylic oxidation sites excluding steroid dienone is 2. The van der Waals surface area contributed by atoms with Crippen LogP contribution in [0.25, 0.3) is 5.69 Å². The molecule has 4 atom stereocenters. The molecule has 4 aliphatic rings. The van der Waals surface area contributed by atoms with E-state index in [1.165, 1.54) is 0 Å². The largest absolute Gasteiger partial charge is 0.489 e. The first-order chi connectivity index (χ1) is 18.5. The molecule has 8 nitrogen and oxygen atoms in total. The Hall–Kier alpha value is -4.33. The highest BCUT2D eigenvalue weighted by Crippen LogP contribution is 2.52. The lowest BCUT2D eigenvalue weighted by molar-refractivity contribution is -0.140. The second-order valence-corrected chi connectivity index (χ2v) is 10.4. The predicted molar refractivity (Wildman–Crippen MR) is 139 cm³/mol. The molecule has 7 rings (SSSR count). The normalized spacial score (nSPS) is 24.7. The number of amides is 2. The molecule has 2 aliphatic heterocycles. The van der Waals surface area contributed by atoms with Gasteiger partial charge in [-0.15, -0.1) is 0 Å². The summed E-state index contributed by atoms with van der Waals surface area (Å²) in [6.45, 7) is 4.70. The molecule has 1 aromatic heterocycles. The van der Waals surface area contributed by atoms with Crippen LogP contribution in [0.4, 0.5) is 0 Å². The molecule has 1 saturated carbocycles. The average molecular weight is 510 g/mol. The molecule has 2 fully saturated rings. The lowest BCUT2D eigenvalue weighted by Crippen LogP contribution is -2.28. The van der Waals surface area contributed by atoms with Crippen LogP contribution in [-0.2, 0) is 16.2 Å². The Bertz CT molecular complexity index is 1490. The third kappa shape index (κ3) is 3.55. The van der Waals surface area contributed by atoms with Crippen LogP contribution in [0, 0.1) is 37.5 Å². The Kier molecular flexibility index (Phi) is 5.18. The van der Waals surface area contributed by atoms with Gasteiger partial charge in [0.1, 0.15) is 12.4 Å². The summed E-state index contributed by atoms with van der Waals surface area (Å²) in [5.74, 6) is 1.79. The quantitative estimate of drug-likeness (QED) is 0.277. The van der Waals surface area contributed by atoms with Gasteiger partial charge in [-0.25, -0.2) is 0 Å². The van der Waals surface area contributed by atoms with Crippen molar-refractivity contribution in [2.45, 2.75) is 26.9 Å². The van der Waals surface area contributed by atoms with Crippen LogP contribution in [-0.4, -0.2) is 34.4 Å². The van der Waals surface area contributed by atoms with Crippen LogP contribution in [0.2, 0.25) is 0 Å². The Balaban J connectivity index is 1.05. The lowest BCUT2D eigenvalue weighted by Gasteiger charge is -2.13. The molecule has 2 amide bonds. The van der Waals surface area contributed by atoms with Crippen molar-refractivity contribution in [3.05, 3.63) is 83.2 Å². The molecule has 2 bridgehead atoms. The molecular formula is C30H27N3O5. The zero-order chi connectivity index (χ0) is 26.0. The molecule has 2 aromatic carbocycles. The molecule has 3 aromatic rings. The van der Waals surface area contributed by atoms with Gasteiger partial charge in [0.05, 0.1) is 18.1 Å². The number of imide groups is 1. The number of nitrogens with zero attached hydrogens (tertiary/aromatic N) is 3. The van der Waals surface area contributed by atoms with Crippen molar-refractivity contribution >= 4 is 18.0 Å². The number of rotatable bonds is 6. The zero-order valence-electron chi connectivity index (χ0n) is 21.2. The molecular weight excluding hydrogens is 482 g/mol. The minimum absolute atomic E-state index is 0.168. The van der Waals surface area contributed by atoms with Gasteiger partial charge in [0.15, 0.2) is 11.5 Å². The minimum Gasteiger partial charge on any atom is -0.489 e. The number of fused-ring (bicyclic) bond motifs is 6. The lowest BCUT2D eigenvalue weighted by atomic mass is 9.85. The highest BCUT2D eigenvalue weighted by Gasteiger charge is 2.59. The number of aromatic nitrogens is 1. The summed E-state index contributed by atoms with van der Waals surface area (Å²) in [4.78, 5) is 25.9. The third-order valence-corrected chi connectivity index (χ3v) is 8.17. The SMILES string of the molecule is Cc1cc(C=NN2C(=O)[C@@H]3[C@H](C2=O)[C@H]2C=C[C@H]3C2)c(C)n1-c1ccc(OCc2ccc3c(c2)OCO3)cc1. The maximum Gasteiger partial charge on any atom is 0.254 e. The Morgan fingerprint density at radius 2 is 1.66 bits per heavy atom. The van der Waals surface area contributed by atoms with Crippen molar-refractivity contribution in [2.75, 3.05) is 6.79 Å². The molecule has 0 N–H and O–H groups in total. The smallest absolute Gasteiger partial charge is 0.254 e. The summed E-state index contributed by atoms with van der Waals surface area (Å²) in [5.41, 5.74) is 4.85. The van der Waals surface area contributed by atoms with E-state index in [0.29, 0.717) is 6.61 Å². The standard InChI is InChI=1S/C30H27N3O5/c1-17-11-22(14-31-33-29(34)27-20-4-5-21(13-20)28(27)30(33)35)18(2)32(17)23-6-8-24(9-7-23)36-15-19-3-10-25-26(12-19)38-16-37-25/h3-12,14,20-21,27-28H,13,15-16H2,1-2H3/t20-,21-,27-,28+/m0/s1. The van der Waals surface area contributed by atoms with Crippen LogP contribution >= 0.6 is 0 Å². The molecule has 38 heavy (non-hydrogen) atoms. The van der Waals surface area contributed by atoms with Crippen LogP contribution in [0.15, 0.2) is 65.8 Å². The zero-order valence-corrected chi connectivity index (χ0v) is 21.2. The first-order valence-electron chi connectivity index (χ1n) is 12.9. The van der Waals surface area contributed by atoms with Crippen molar-refractivity contribution in [2.24, 2.45) is 28.8 Å². The van der Waals surface area contributed by atoms with Crippen molar-refractivity contribution in [3.63, 3.8) is 0 Å². The molecule has 0 unspecified atom stereocenters.